The number of amides is 1. The fourth-order valence-corrected chi connectivity index (χ4v) is 4.58. The van der Waals surface area contributed by atoms with Crippen molar-refractivity contribution in [1.29, 1.82) is 0 Å². The maximum atomic E-state index is 12.4. The van der Waals surface area contributed by atoms with Gasteiger partial charge in [0.05, 0.1) is 17.9 Å². The third-order valence-corrected chi connectivity index (χ3v) is 6.97. The molecule has 0 unspecified atom stereocenters. The molecule has 7 nitrogen and oxygen atoms in total. The summed E-state index contributed by atoms with van der Waals surface area (Å²) < 4.78 is 30.7. The minimum atomic E-state index is -3.18. The third-order valence-electron chi connectivity index (χ3n) is 4.18. The number of carbonyl (C=O) groups excluding carboxylic acids is 1. The van der Waals surface area contributed by atoms with Crippen LogP contribution in [0, 0.1) is 6.92 Å². The van der Waals surface area contributed by atoms with E-state index in [4.69, 9.17) is 4.42 Å². The van der Waals surface area contributed by atoms with Crippen molar-refractivity contribution < 1.29 is 17.6 Å². The first-order chi connectivity index (χ1) is 11.9. The molecule has 0 spiro atoms. The lowest BCUT2D eigenvalue weighted by molar-refractivity contribution is -0.131. The van der Waals surface area contributed by atoms with Crippen LogP contribution in [-0.2, 0) is 21.2 Å². The van der Waals surface area contributed by atoms with Crippen molar-refractivity contribution in [2.45, 2.75) is 20.3 Å². The number of carbonyl (C=O) groups is 1. The molecular weight excluding hydrogens is 362 g/mol. The standard InChI is InChI=1S/C16H21N3O4S2/c1-3-25(21,22)19-8-6-18(7-9-19)15(20)10-13-11-24-16(17-13)14-5-4-12(2)23-14/h4-5,11H,3,6-10H2,1-2H3. The lowest BCUT2D eigenvalue weighted by Gasteiger charge is -2.33. The predicted octanol–water partition coefficient (Wildman–Crippen LogP) is 1.75. The molecule has 2 aromatic heterocycles. The molecule has 3 heterocycles. The minimum absolute atomic E-state index is 0.0268. The summed E-state index contributed by atoms with van der Waals surface area (Å²) in [5, 5.41) is 2.62. The van der Waals surface area contributed by atoms with Gasteiger partial charge in [-0.3, -0.25) is 4.79 Å². The van der Waals surface area contributed by atoms with Crippen LogP contribution in [0.25, 0.3) is 10.8 Å². The van der Waals surface area contributed by atoms with Gasteiger partial charge in [-0.25, -0.2) is 13.4 Å². The first-order valence-electron chi connectivity index (χ1n) is 8.16. The first kappa shape index (κ1) is 18.1. The van der Waals surface area contributed by atoms with Gasteiger partial charge in [-0.05, 0) is 26.0 Å². The molecule has 0 atom stereocenters. The van der Waals surface area contributed by atoms with Crippen molar-refractivity contribution in [1.82, 2.24) is 14.2 Å². The molecule has 3 rings (SSSR count). The number of nitrogens with zero attached hydrogens (tertiary/aromatic N) is 3. The minimum Gasteiger partial charge on any atom is -0.459 e. The van der Waals surface area contributed by atoms with E-state index in [0.717, 1.165) is 10.8 Å². The number of furan rings is 1. The molecule has 0 aliphatic carbocycles. The average Bonchev–Trinajstić information content (AvgIpc) is 3.24. The number of aryl methyl sites for hydroxylation is 1. The molecule has 1 amide bonds. The molecule has 0 bridgehead atoms. The van der Waals surface area contributed by atoms with Gasteiger partial charge in [-0.1, -0.05) is 0 Å². The summed E-state index contributed by atoms with van der Waals surface area (Å²) in [4.78, 5) is 18.6. The van der Waals surface area contributed by atoms with E-state index in [2.05, 4.69) is 4.98 Å². The van der Waals surface area contributed by atoms with Crippen molar-refractivity contribution >= 4 is 27.3 Å². The zero-order valence-electron chi connectivity index (χ0n) is 14.3. The lowest BCUT2D eigenvalue weighted by Crippen LogP contribution is -2.51. The van der Waals surface area contributed by atoms with Crippen molar-refractivity contribution in [3.63, 3.8) is 0 Å². The third kappa shape index (κ3) is 4.10. The highest BCUT2D eigenvalue weighted by atomic mass is 32.2. The number of piperazine rings is 1. The van der Waals surface area contributed by atoms with Gasteiger partial charge in [-0.15, -0.1) is 11.3 Å². The quantitative estimate of drug-likeness (QED) is 0.785. The predicted molar refractivity (Wildman–Crippen MR) is 95.9 cm³/mol. The van der Waals surface area contributed by atoms with E-state index in [0.29, 0.717) is 37.6 Å². The SMILES string of the molecule is CCS(=O)(=O)N1CCN(C(=O)Cc2csc(-c3ccc(C)o3)n2)CC1. The molecule has 1 saturated heterocycles. The highest BCUT2D eigenvalue weighted by Crippen LogP contribution is 2.26. The van der Waals surface area contributed by atoms with Crippen LogP contribution in [0.3, 0.4) is 0 Å². The van der Waals surface area contributed by atoms with E-state index in [-0.39, 0.29) is 18.1 Å². The Balaban J connectivity index is 1.58. The van der Waals surface area contributed by atoms with Crippen molar-refractivity contribution in [2.75, 3.05) is 31.9 Å². The summed E-state index contributed by atoms with van der Waals surface area (Å²) in [5.74, 6) is 1.60. The summed E-state index contributed by atoms with van der Waals surface area (Å²) in [5.41, 5.74) is 0.711. The maximum Gasteiger partial charge on any atom is 0.228 e. The van der Waals surface area contributed by atoms with Gasteiger partial charge in [0.1, 0.15) is 5.76 Å². The van der Waals surface area contributed by atoms with E-state index in [1.807, 2.05) is 24.4 Å². The monoisotopic (exact) mass is 383 g/mol. The first-order valence-corrected chi connectivity index (χ1v) is 10.6. The molecule has 9 heteroatoms. The molecule has 0 radical (unpaired) electrons. The van der Waals surface area contributed by atoms with Crippen molar-refractivity contribution in [3.8, 4) is 10.8 Å². The van der Waals surface area contributed by atoms with Gasteiger partial charge in [0.25, 0.3) is 0 Å². The molecule has 0 saturated carbocycles. The topological polar surface area (TPSA) is 83.7 Å². The average molecular weight is 383 g/mol. The maximum absolute atomic E-state index is 12.4. The molecule has 0 aromatic carbocycles. The molecule has 136 valence electrons. The Hall–Kier alpha value is -1.71. The number of sulfonamides is 1. The van der Waals surface area contributed by atoms with Crippen LogP contribution in [-0.4, -0.2) is 60.4 Å². The van der Waals surface area contributed by atoms with Crippen LogP contribution < -0.4 is 0 Å². The van der Waals surface area contributed by atoms with Crippen molar-refractivity contribution in [2.24, 2.45) is 0 Å². The number of aromatic nitrogens is 1. The Bertz CT molecular complexity index is 848. The summed E-state index contributed by atoms with van der Waals surface area (Å²) >= 11 is 1.45. The van der Waals surface area contributed by atoms with Gasteiger partial charge in [0, 0.05) is 31.6 Å². The van der Waals surface area contributed by atoms with Crippen molar-refractivity contribution in [3.05, 3.63) is 29.0 Å². The van der Waals surface area contributed by atoms with Crippen LogP contribution in [0.15, 0.2) is 21.9 Å². The van der Waals surface area contributed by atoms with Crippen LogP contribution in [0.1, 0.15) is 18.4 Å². The Labute approximate surface area is 151 Å². The van der Waals surface area contributed by atoms with E-state index >= 15 is 0 Å². The second-order valence-electron chi connectivity index (χ2n) is 5.91. The van der Waals surface area contributed by atoms with E-state index in [1.165, 1.54) is 15.6 Å². The van der Waals surface area contributed by atoms with Gasteiger partial charge in [-0.2, -0.15) is 4.31 Å². The summed E-state index contributed by atoms with van der Waals surface area (Å²) in [6.07, 6.45) is 0.219. The number of rotatable bonds is 5. The largest absolute Gasteiger partial charge is 0.459 e. The number of thiazole rings is 1. The van der Waals surface area contributed by atoms with Gasteiger partial charge in [0.15, 0.2) is 10.8 Å². The Morgan fingerprint density at radius 2 is 2.00 bits per heavy atom. The van der Waals surface area contributed by atoms with E-state index in [1.54, 1.807) is 11.8 Å². The highest BCUT2D eigenvalue weighted by molar-refractivity contribution is 7.89. The Morgan fingerprint density at radius 3 is 2.60 bits per heavy atom. The molecule has 1 fully saturated rings. The number of hydrogen-bond acceptors (Lipinski definition) is 6. The fraction of sp³-hybridized carbons (Fsp3) is 0.500. The van der Waals surface area contributed by atoms with Gasteiger partial charge >= 0.3 is 0 Å². The van der Waals surface area contributed by atoms with E-state index < -0.39 is 10.0 Å². The highest BCUT2D eigenvalue weighted by Gasteiger charge is 2.27. The molecule has 0 N–H and O–H groups in total. The number of hydrogen-bond donors (Lipinski definition) is 0. The lowest BCUT2D eigenvalue weighted by atomic mass is 10.2. The fourth-order valence-electron chi connectivity index (χ4n) is 2.72. The molecular formula is C16H21N3O4S2. The van der Waals surface area contributed by atoms with Gasteiger partial charge in [0.2, 0.25) is 15.9 Å². The van der Waals surface area contributed by atoms with Crippen LogP contribution in [0.4, 0.5) is 0 Å². The molecule has 2 aromatic rings. The normalized spacial score (nSPS) is 16.3. The van der Waals surface area contributed by atoms with Crippen LogP contribution >= 0.6 is 11.3 Å². The summed E-state index contributed by atoms with van der Waals surface area (Å²) in [6, 6.07) is 3.75. The zero-order chi connectivity index (χ0) is 18.0. The Kier molecular flexibility index (Phi) is 5.26. The zero-order valence-corrected chi connectivity index (χ0v) is 15.9. The second-order valence-corrected chi connectivity index (χ2v) is 9.03. The second kappa shape index (κ2) is 7.27. The van der Waals surface area contributed by atoms with E-state index in [9.17, 15) is 13.2 Å². The van der Waals surface area contributed by atoms with Crippen LogP contribution in [0.5, 0.6) is 0 Å². The van der Waals surface area contributed by atoms with Gasteiger partial charge < -0.3 is 9.32 Å². The smallest absolute Gasteiger partial charge is 0.228 e. The van der Waals surface area contributed by atoms with Crippen LogP contribution in [0.2, 0.25) is 0 Å². The molecule has 25 heavy (non-hydrogen) atoms. The summed E-state index contributed by atoms with van der Waals surface area (Å²) in [6.45, 7) is 5.07. The Morgan fingerprint density at radius 1 is 1.28 bits per heavy atom. The molecule has 1 aliphatic heterocycles. The molecule has 1 aliphatic rings. The summed E-state index contributed by atoms with van der Waals surface area (Å²) in [7, 11) is -3.18.